The largest absolute Gasteiger partial charge is 0.481 e. The first-order valence-corrected chi connectivity index (χ1v) is 10.6. The summed E-state index contributed by atoms with van der Waals surface area (Å²) < 4.78 is 0. The molecule has 0 saturated heterocycles. The summed E-state index contributed by atoms with van der Waals surface area (Å²) in [5.74, 6) is 2.03. The minimum absolute atomic E-state index is 0.312. The maximum atomic E-state index is 10.4. The zero-order valence-corrected chi connectivity index (χ0v) is 16.4. The number of hydrogen-bond donors (Lipinski definition) is 2. The van der Waals surface area contributed by atoms with Crippen LogP contribution in [0.5, 0.6) is 0 Å². The van der Waals surface area contributed by atoms with Crippen LogP contribution >= 0.6 is 0 Å². The highest BCUT2D eigenvalue weighted by molar-refractivity contribution is 5.66. The Bertz CT molecular complexity index is 322. The molecule has 0 atom stereocenters. The Hall–Kier alpha value is -1.01. The molecule has 0 radical (unpaired) electrons. The third-order valence-electron chi connectivity index (χ3n) is 4.67. The molecule has 0 rings (SSSR count). The number of hydrogen-bond acceptors (Lipinski definition) is 2. The van der Waals surface area contributed by atoms with Crippen LogP contribution in [-0.2, 0) is 4.79 Å². The normalized spacial score (nSPS) is 10.7. The van der Waals surface area contributed by atoms with Gasteiger partial charge in [-0.1, -0.05) is 70.6 Å². The van der Waals surface area contributed by atoms with E-state index in [2.05, 4.69) is 11.2 Å². The van der Waals surface area contributed by atoms with E-state index >= 15 is 0 Å². The van der Waals surface area contributed by atoms with Gasteiger partial charge >= 0.3 is 5.97 Å². The molecule has 0 aromatic rings. The summed E-state index contributed by atoms with van der Waals surface area (Å²) in [6.45, 7) is 2.14. The van der Waals surface area contributed by atoms with Gasteiger partial charge in [0.15, 0.2) is 0 Å². The molecule has 146 valence electrons. The van der Waals surface area contributed by atoms with Crippen LogP contribution in [0.1, 0.15) is 109 Å². The molecule has 0 spiro atoms. The molecule has 25 heavy (non-hydrogen) atoms. The minimum Gasteiger partial charge on any atom is -0.481 e. The first kappa shape index (κ1) is 24.0. The van der Waals surface area contributed by atoms with E-state index in [-0.39, 0.29) is 0 Å². The van der Waals surface area contributed by atoms with Gasteiger partial charge in [-0.2, -0.15) is 0 Å². The van der Waals surface area contributed by atoms with Gasteiger partial charge in [0, 0.05) is 12.8 Å². The molecule has 0 aliphatic rings. The van der Waals surface area contributed by atoms with Crippen molar-refractivity contribution < 1.29 is 9.90 Å². The maximum absolute atomic E-state index is 10.4. The summed E-state index contributed by atoms with van der Waals surface area (Å²) in [5.41, 5.74) is 0. The fourth-order valence-electron chi connectivity index (χ4n) is 3.07. The molecule has 0 fully saturated rings. The number of rotatable bonds is 20. The summed E-state index contributed by atoms with van der Waals surface area (Å²) in [4.78, 5) is 10.4. The molecule has 0 bridgehead atoms. The van der Waals surface area contributed by atoms with Gasteiger partial charge in [-0.25, -0.2) is 0 Å². The Labute approximate surface area is 156 Å². The number of carboxylic acid groups (broad SMARTS) is 1. The maximum Gasteiger partial charge on any atom is 0.303 e. The van der Waals surface area contributed by atoms with E-state index < -0.39 is 5.97 Å². The van der Waals surface area contributed by atoms with Crippen LogP contribution in [0.2, 0.25) is 0 Å². The van der Waals surface area contributed by atoms with Gasteiger partial charge in [-0.3, -0.25) is 4.79 Å². The zero-order valence-electron chi connectivity index (χ0n) is 16.4. The average molecular weight is 352 g/mol. The Morgan fingerprint density at radius 3 is 1.52 bits per heavy atom. The van der Waals surface area contributed by atoms with Crippen LogP contribution in [0, 0.1) is 12.3 Å². The molecule has 2 N–H and O–H groups in total. The number of aliphatic carboxylic acids is 1. The highest BCUT2D eigenvalue weighted by Gasteiger charge is 1.96. The van der Waals surface area contributed by atoms with Crippen LogP contribution in [0.15, 0.2) is 0 Å². The predicted molar refractivity (Wildman–Crippen MR) is 108 cm³/mol. The number of nitrogens with one attached hydrogen (secondary N) is 1. The van der Waals surface area contributed by atoms with E-state index in [9.17, 15) is 4.79 Å². The van der Waals surface area contributed by atoms with E-state index in [0.717, 1.165) is 38.8 Å². The van der Waals surface area contributed by atoms with E-state index in [1.807, 2.05) is 0 Å². The van der Waals surface area contributed by atoms with Crippen molar-refractivity contribution in [3.63, 3.8) is 0 Å². The fourth-order valence-corrected chi connectivity index (χ4v) is 3.07. The molecule has 0 amide bonds. The van der Waals surface area contributed by atoms with Crippen LogP contribution < -0.4 is 5.32 Å². The van der Waals surface area contributed by atoms with Crippen LogP contribution in [-0.4, -0.2) is 24.2 Å². The highest BCUT2D eigenvalue weighted by Crippen LogP contribution is 2.12. The lowest BCUT2D eigenvalue weighted by atomic mass is 10.0. The molecule has 0 aromatic heterocycles. The van der Waals surface area contributed by atoms with Crippen molar-refractivity contribution >= 4 is 5.97 Å². The van der Waals surface area contributed by atoms with Gasteiger partial charge in [0.1, 0.15) is 0 Å². The molecule has 0 unspecified atom stereocenters. The van der Waals surface area contributed by atoms with Gasteiger partial charge in [0.2, 0.25) is 0 Å². The monoisotopic (exact) mass is 351 g/mol. The Morgan fingerprint density at radius 1 is 0.680 bits per heavy atom. The Balaban J connectivity index is 2.98. The summed E-state index contributed by atoms with van der Waals surface area (Å²) in [6, 6.07) is 0. The lowest BCUT2D eigenvalue weighted by Gasteiger charge is -2.05. The van der Waals surface area contributed by atoms with Crippen LogP contribution in [0.3, 0.4) is 0 Å². The third-order valence-corrected chi connectivity index (χ3v) is 4.67. The van der Waals surface area contributed by atoms with E-state index in [1.54, 1.807) is 0 Å². The van der Waals surface area contributed by atoms with Crippen LogP contribution in [0.4, 0.5) is 0 Å². The number of terminal acetylenes is 1. The highest BCUT2D eigenvalue weighted by atomic mass is 16.4. The molecular formula is C22H41NO2. The van der Waals surface area contributed by atoms with E-state index in [4.69, 9.17) is 11.5 Å². The predicted octanol–water partition coefficient (Wildman–Crippen LogP) is 5.93. The van der Waals surface area contributed by atoms with Crippen molar-refractivity contribution in [2.75, 3.05) is 13.1 Å². The van der Waals surface area contributed by atoms with E-state index in [0.29, 0.717) is 6.42 Å². The van der Waals surface area contributed by atoms with Crippen molar-refractivity contribution in [1.29, 1.82) is 0 Å². The summed E-state index contributed by atoms with van der Waals surface area (Å²) >= 11 is 0. The smallest absolute Gasteiger partial charge is 0.303 e. The molecule has 0 aliphatic heterocycles. The van der Waals surface area contributed by atoms with Crippen molar-refractivity contribution in [2.45, 2.75) is 109 Å². The second kappa shape index (κ2) is 21.0. The van der Waals surface area contributed by atoms with Gasteiger partial charge in [0.25, 0.3) is 0 Å². The zero-order chi connectivity index (χ0) is 18.4. The van der Waals surface area contributed by atoms with Gasteiger partial charge in [0.05, 0.1) is 0 Å². The molecule has 0 saturated carbocycles. The van der Waals surface area contributed by atoms with Crippen molar-refractivity contribution in [1.82, 2.24) is 5.32 Å². The SMILES string of the molecule is C#CCCCCCCCCCCCCCCNCCCCCC(=O)O. The molecule has 0 aliphatic carbocycles. The van der Waals surface area contributed by atoms with Gasteiger partial charge in [-0.15, -0.1) is 12.3 Å². The second-order valence-corrected chi connectivity index (χ2v) is 7.15. The lowest BCUT2D eigenvalue weighted by molar-refractivity contribution is -0.137. The first-order valence-electron chi connectivity index (χ1n) is 10.6. The minimum atomic E-state index is -0.677. The summed E-state index contributed by atoms with van der Waals surface area (Å²) in [7, 11) is 0. The van der Waals surface area contributed by atoms with E-state index in [1.165, 1.54) is 77.0 Å². The molecule has 3 heteroatoms. The summed E-state index contributed by atoms with van der Waals surface area (Å²) in [6.07, 6.45) is 25.6. The van der Waals surface area contributed by atoms with Crippen molar-refractivity contribution in [2.24, 2.45) is 0 Å². The lowest BCUT2D eigenvalue weighted by Crippen LogP contribution is -2.16. The molecule has 0 aromatic carbocycles. The topological polar surface area (TPSA) is 49.3 Å². The van der Waals surface area contributed by atoms with Gasteiger partial charge in [-0.05, 0) is 38.8 Å². The Morgan fingerprint density at radius 2 is 1.08 bits per heavy atom. The second-order valence-electron chi connectivity index (χ2n) is 7.15. The quantitative estimate of drug-likeness (QED) is 0.211. The molecule has 3 nitrogen and oxygen atoms in total. The van der Waals surface area contributed by atoms with Crippen LogP contribution in [0.25, 0.3) is 0 Å². The fraction of sp³-hybridized carbons (Fsp3) is 0.864. The van der Waals surface area contributed by atoms with Crippen molar-refractivity contribution in [3.05, 3.63) is 0 Å². The third kappa shape index (κ3) is 23.0. The van der Waals surface area contributed by atoms with Crippen molar-refractivity contribution in [3.8, 4) is 12.3 Å². The number of carbonyl (C=O) groups is 1. The summed E-state index contributed by atoms with van der Waals surface area (Å²) in [5, 5.41) is 12.0. The van der Waals surface area contributed by atoms with Gasteiger partial charge < -0.3 is 10.4 Å². The number of unbranched alkanes of at least 4 members (excludes halogenated alkanes) is 14. The molecular weight excluding hydrogens is 310 g/mol. The number of carboxylic acids is 1. The molecule has 0 heterocycles. The first-order chi connectivity index (χ1) is 12.3. The Kier molecular flexibility index (Phi) is 20.2. The standard InChI is InChI=1S/C22H41NO2/c1-2-3-4-5-6-7-8-9-10-11-12-13-14-17-20-23-21-18-15-16-19-22(24)25/h1,23H,3-21H2,(H,24,25). The average Bonchev–Trinajstić information content (AvgIpc) is 2.60.